The van der Waals surface area contributed by atoms with Crippen LogP contribution in [0, 0.1) is 0 Å². The molecule has 3 N–H and O–H groups in total. The second kappa shape index (κ2) is 10.3. The molecule has 0 unspecified atom stereocenters. The number of nitrogens with two attached hydrogens (primary N) is 1. The number of nitrogens with one attached hydrogen (secondary N) is 1. The molecular formula is C23H22ClN3O3. The number of hydrogen-bond acceptors (Lipinski definition) is 5. The van der Waals surface area contributed by atoms with Crippen molar-refractivity contribution in [3.63, 3.8) is 0 Å². The molecule has 0 spiro atoms. The van der Waals surface area contributed by atoms with E-state index in [2.05, 4.69) is 10.5 Å². The van der Waals surface area contributed by atoms with Crippen molar-refractivity contribution in [3.8, 4) is 11.5 Å². The van der Waals surface area contributed by atoms with E-state index < -0.39 is 0 Å². The highest BCUT2D eigenvalue weighted by molar-refractivity contribution is 6.30. The first kappa shape index (κ1) is 21.2. The fourth-order valence-electron chi connectivity index (χ4n) is 2.66. The summed E-state index contributed by atoms with van der Waals surface area (Å²) in [7, 11) is 0. The fourth-order valence-corrected chi connectivity index (χ4v) is 2.79. The maximum absolute atomic E-state index is 12.2. The molecule has 0 aliphatic heterocycles. The molecule has 0 bridgehead atoms. The largest absolute Gasteiger partial charge is 0.490 e. The molecule has 154 valence electrons. The first-order chi connectivity index (χ1) is 14.6. The lowest BCUT2D eigenvalue weighted by Gasteiger charge is -2.12. The van der Waals surface area contributed by atoms with Crippen LogP contribution in [0.4, 0.5) is 5.69 Å². The average Bonchev–Trinajstić information content (AvgIpc) is 2.75. The number of rotatable bonds is 8. The fraction of sp³-hybridized carbons (Fsp3) is 0.130. The molecule has 0 radical (unpaired) electrons. The van der Waals surface area contributed by atoms with Gasteiger partial charge in [0.25, 0.3) is 5.91 Å². The predicted molar refractivity (Wildman–Crippen MR) is 119 cm³/mol. The summed E-state index contributed by atoms with van der Waals surface area (Å²) in [4.78, 5) is 12.2. The number of nitrogens with zero attached hydrogens (tertiary/aromatic N) is 1. The van der Waals surface area contributed by atoms with E-state index >= 15 is 0 Å². The standard InChI is InChI=1S/C23H22ClN3O3/c1-2-29-22-13-17(14-26-27-23(28)19-5-3-4-6-20(19)25)9-12-21(22)30-15-16-7-10-18(24)11-8-16/h3-14H,2,15,25H2,1H3,(H,27,28)/b26-14+. The zero-order chi connectivity index (χ0) is 21.3. The number of amides is 1. The van der Waals surface area contributed by atoms with Gasteiger partial charge in [-0.25, -0.2) is 5.43 Å². The first-order valence-electron chi connectivity index (χ1n) is 9.39. The SMILES string of the molecule is CCOc1cc(/C=N/NC(=O)c2ccccc2N)ccc1OCc1ccc(Cl)cc1. The molecule has 3 aromatic rings. The van der Waals surface area contributed by atoms with Crippen molar-refractivity contribution in [1.82, 2.24) is 5.43 Å². The van der Waals surface area contributed by atoms with Gasteiger partial charge in [-0.3, -0.25) is 4.79 Å². The molecule has 1 amide bonds. The summed E-state index contributed by atoms with van der Waals surface area (Å²) in [5.41, 5.74) is 10.8. The molecule has 3 rings (SSSR count). The summed E-state index contributed by atoms with van der Waals surface area (Å²) in [5, 5.41) is 4.68. The van der Waals surface area contributed by atoms with Crippen molar-refractivity contribution in [1.29, 1.82) is 0 Å². The van der Waals surface area contributed by atoms with Gasteiger partial charge in [0.05, 0.1) is 18.4 Å². The van der Waals surface area contributed by atoms with Crippen molar-refractivity contribution in [3.05, 3.63) is 88.4 Å². The van der Waals surface area contributed by atoms with Crippen LogP contribution in [0.1, 0.15) is 28.4 Å². The van der Waals surface area contributed by atoms with Crippen LogP contribution in [0.3, 0.4) is 0 Å². The lowest BCUT2D eigenvalue weighted by atomic mass is 10.2. The van der Waals surface area contributed by atoms with Crippen LogP contribution in [0.2, 0.25) is 5.02 Å². The van der Waals surface area contributed by atoms with Crippen molar-refractivity contribution in [2.24, 2.45) is 5.10 Å². The molecule has 0 fully saturated rings. The number of hydrogen-bond donors (Lipinski definition) is 2. The van der Waals surface area contributed by atoms with Gasteiger partial charge < -0.3 is 15.2 Å². The van der Waals surface area contributed by atoms with Gasteiger partial charge in [0, 0.05) is 10.7 Å². The third-order valence-electron chi connectivity index (χ3n) is 4.16. The Morgan fingerprint density at radius 1 is 1.07 bits per heavy atom. The molecule has 6 nitrogen and oxygen atoms in total. The van der Waals surface area contributed by atoms with E-state index in [9.17, 15) is 4.79 Å². The Hall–Kier alpha value is -3.51. The number of carbonyl (C=O) groups excluding carboxylic acids is 1. The summed E-state index contributed by atoms with van der Waals surface area (Å²) in [6.45, 7) is 2.77. The van der Waals surface area contributed by atoms with Crippen LogP contribution in [0.15, 0.2) is 71.8 Å². The summed E-state index contributed by atoms with van der Waals surface area (Å²) in [5.74, 6) is 0.830. The van der Waals surface area contributed by atoms with Gasteiger partial charge in [-0.2, -0.15) is 5.10 Å². The third-order valence-corrected chi connectivity index (χ3v) is 4.41. The molecule has 7 heteroatoms. The maximum atomic E-state index is 12.2. The van der Waals surface area contributed by atoms with Crippen LogP contribution in [-0.2, 0) is 6.61 Å². The van der Waals surface area contributed by atoms with Gasteiger partial charge in [-0.05, 0) is 60.5 Å². The van der Waals surface area contributed by atoms with Gasteiger partial charge >= 0.3 is 0 Å². The first-order valence-corrected chi connectivity index (χ1v) is 9.76. The molecule has 0 saturated carbocycles. The lowest BCUT2D eigenvalue weighted by molar-refractivity contribution is 0.0956. The number of para-hydroxylation sites is 1. The second-order valence-corrected chi connectivity index (χ2v) is 6.78. The van der Waals surface area contributed by atoms with E-state index in [1.54, 1.807) is 36.4 Å². The maximum Gasteiger partial charge on any atom is 0.273 e. The summed E-state index contributed by atoms with van der Waals surface area (Å²) in [6, 6.07) is 19.7. The summed E-state index contributed by atoms with van der Waals surface area (Å²) >= 11 is 5.91. The summed E-state index contributed by atoms with van der Waals surface area (Å²) in [6.07, 6.45) is 1.53. The second-order valence-electron chi connectivity index (χ2n) is 6.34. The Morgan fingerprint density at radius 2 is 1.83 bits per heavy atom. The highest BCUT2D eigenvalue weighted by Gasteiger charge is 2.08. The molecule has 0 aromatic heterocycles. The van der Waals surface area contributed by atoms with Crippen molar-refractivity contribution >= 4 is 29.4 Å². The van der Waals surface area contributed by atoms with E-state index in [1.165, 1.54) is 6.21 Å². The Morgan fingerprint density at radius 3 is 2.57 bits per heavy atom. The van der Waals surface area contributed by atoms with E-state index in [-0.39, 0.29) is 5.91 Å². The zero-order valence-electron chi connectivity index (χ0n) is 16.5. The highest BCUT2D eigenvalue weighted by atomic mass is 35.5. The van der Waals surface area contributed by atoms with Crippen molar-refractivity contribution in [2.75, 3.05) is 12.3 Å². The van der Waals surface area contributed by atoms with E-state index in [0.717, 1.165) is 11.1 Å². The van der Waals surface area contributed by atoms with Crippen LogP contribution < -0.4 is 20.6 Å². The topological polar surface area (TPSA) is 85.9 Å². The average molecular weight is 424 g/mol. The Bertz CT molecular complexity index is 1040. The van der Waals surface area contributed by atoms with Crippen LogP contribution >= 0.6 is 11.6 Å². The molecule has 3 aromatic carbocycles. The van der Waals surface area contributed by atoms with Crippen LogP contribution in [-0.4, -0.2) is 18.7 Å². The minimum Gasteiger partial charge on any atom is -0.490 e. The van der Waals surface area contributed by atoms with Gasteiger partial charge in [0.2, 0.25) is 0 Å². The van der Waals surface area contributed by atoms with E-state index in [0.29, 0.717) is 41.0 Å². The number of nitrogen functional groups attached to an aromatic ring is 1. The van der Waals surface area contributed by atoms with Gasteiger partial charge in [0.1, 0.15) is 6.61 Å². The quantitative estimate of drug-likeness (QED) is 0.313. The molecule has 0 saturated heterocycles. The summed E-state index contributed by atoms with van der Waals surface area (Å²) < 4.78 is 11.6. The Kier molecular flexibility index (Phi) is 7.29. The predicted octanol–water partition coefficient (Wildman–Crippen LogP) is 4.66. The van der Waals surface area contributed by atoms with Gasteiger partial charge in [-0.15, -0.1) is 0 Å². The minimum absolute atomic E-state index is 0.371. The Labute approximate surface area is 180 Å². The molecule has 30 heavy (non-hydrogen) atoms. The van der Waals surface area contributed by atoms with Crippen molar-refractivity contribution < 1.29 is 14.3 Å². The number of benzene rings is 3. The minimum atomic E-state index is -0.378. The highest BCUT2D eigenvalue weighted by Crippen LogP contribution is 2.29. The van der Waals surface area contributed by atoms with Crippen LogP contribution in [0.25, 0.3) is 0 Å². The molecular weight excluding hydrogens is 402 g/mol. The molecule has 0 atom stereocenters. The lowest BCUT2D eigenvalue weighted by Crippen LogP contribution is -2.19. The van der Waals surface area contributed by atoms with E-state index in [1.807, 2.05) is 37.3 Å². The van der Waals surface area contributed by atoms with Gasteiger partial charge in [0.15, 0.2) is 11.5 Å². The zero-order valence-corrected chi connectivity index (χ0v) is 17.2. The van der Waals surface area contributed by atoms with Crippen LogP contribution in [0.5, 0.6) is 11.5 Å². The monoisotopic (exact) mass is 423 g/mol. The number of ether oxygens (including phenoxy) is 2. The normalized spacial score (nSPS) is 10.7. The van der Waals surface area contributed by atoms with Crippen molar-refractivity contribution in [2.45, 2.75) is 13.5 Å². The third kappa shape index (κ3) is 5.75. The number of hydrazone groups is 1. The molecule has 0 heterocycles. The smallest absolute Gasteiger partial charge is 0.273 e. The number of anilines is 1. The Balaban J connectivity index is 1.66. The van der Waals surface area contributed by atoms with E-state index in [4.69, 9.17) is 26.8 Å². The molecule has 0 aliphatic carbocycles. The van der Waals surface area contributed by atoms with Gasteiger partial charge in [-0.1, -0.05) is 35.9 Å². The number of halogens is 1. The molecule has 0 aliphatic rings. The number of carbonyl (C=O) groups is 1.